The summed E-state index contributed by atoms with van der Waals surface area (Å²) in [6.45, 7) is 4.76. The first kappa shape index (κ1) is 58.5. The average molecular weight is 859 g/mol. The van der Waals surface area contributed by atoms with E-state index in [9.17, 15) is 19.4 Å². The number of quaternary nitrogens is 1. The first-order valence-corrected chi connectivity index (χ1v) is 27.3. The van der Waals surface area contributed by atoms with Crippen LogP contribution in [-0.4, -0.2) is 68.5 Å². The minimum absolute atomic E-state index is 0.0164. The molecule has 0 aliphatic carbocycles. The standard InChI is InChI=1S/C50H103N2O6P/c1-6-8-10-12-14-16-18-20-22-23-24-25-26-27-28-30-32-34-36-38-40-42-44-50(54)51-48(47-58-59(55,56)57-46-45-52(3,4)5)49(53)43-41-39-37-35-33-31-29-21-19-17-15-13-11-9-7-2/h48-49,53H,6-47H2,1-5H3,(H-,51,54,55,56)/t48-,49+/m0/s1. The molecule has 2 N–H and O–H groups in total. The molecule has 0 fully saturated rings. The molecule has 0 aromatic rings. The summed E-state index contributed by atoms with van der Waals surface area (Å²) in [6.07, 6.45) is 48.3. The lowest BCUT2D eigenvalue weighted by molar-refractivity contribution is -0.870. The number of phosphoric ester groups is 1. The number of nitrogens with one attached hydrogen (secondary N) is 1. The van der Waals surface area contributed by atoms with Crippen LogP contribution in [0.5, 0.6) is 0 Å². The van der Waals surface area contributed by atoms with Crippen LogP contribution in [0.4, 0.5) is 0 Å². The molecule has 354 valence electrons. The molecule has 0 rings (SSSR count). The van der Waals surface area contributed by atoms with Gasteiger partial charge >= 0.3 is 0 Å². The summed E-state index contributed by atoms with van der Waals surface area (Å²) in [7, 11) is 1.32. The van der Waals surface area contributed by atoms with E-state index in [1.807, 2.05) is 21.1 Å². The van der Waals surface area contributed by atoms with Crippen molar-refractivity contribution in [1.29, 1.82) is 0 Å². The van der Waals surface area contributed by atoms with E-state index in [0.29, 0.717) is 23.9 Å². The largest absolute Gasteiger partial charge is 0.756 e. The molecule has 0 saturated heterocycles. The summed E-state index contributed by atoms with van der Waals surface area (Å²) < 4.78 is 23.3. The van der Waals surface area contributed by atoms with Crippen molar-refractivity contribution in [3.05, 3.63) is 0 Å². The molecular formula is C50H103N2O6P. The van der Waals surface area contributed by atoms with Crippen LogP contribution in [0.25, 0.3) is 0 Å². The number of amides is 1. The lowest BCUT2D eigenvalue weighted by atomic mass is 10.0. The van der Waals surface area contributed by atoms with E-state index in [1.165, 1.54) is 199 Å². The van der Waals surface area contributed by atoms with Crippen LogP contribution in [0.3, 0.4) is 0 Å². The van der Waals surface area contributed by atoms with E-state index in [2.05, 4.69) is 19.2 Å². The van der Waals surface area contributed by atoms with Gasteiger partial charge in [-0.2, -0.15) is 0 Å². The third-order valence-corrected chi connectivity index (χ3v) is 13.1. The topological polar surface area (TPSA) is 108 Å². The molecule has 1 unspecified atom stereocenters. The van der Waals surface area contributed by atoms with Gasteiger partial charge in [-0.25, -0.2) is 0 Å². The van der Waals surface area contributed by atoms with Crippen LogP contribution in [-0.2, 0) is 18.4 Å². The van der Waals surface area contributed by atoms with Crippen LogP contribution in [0.15, 0.2) is 0 Å². The molecule has 8 nitrogen and oxygen atoms in total. The molecule has 59 heavy (non-hydrogen) atoms. The zero-order chi connectivity index (χ0) is 43.6. The van der Waals surface area contributed by atoms with E-state index in [-0.39, 0.29) is 19.1 Å². The van der Waals surface area contributed by atoms with Crippen molar-refractivity contribution >= 4 is 13.7 Å². The second kappa shape index (κ2) is 42.8. The number of aliphatic hydroxyl groups is 1. The number of hydrogen-bond acceptors (Lipinski definition) is 6. The summed E-state index contributed by atoms with van der Waals surface area (Å²) in [5, 5.41) is 14.0. The van der Waals surface area contributed by atoms with Gasteiger partial charge in [0, 0.05) is 6.42 Å². The summed E-state index contributed by atoms with van der Waals surface area (Å²) in [5.74, 6) is -0.158. The third-order valence-electron chi connectivity index (χ3n) is 12.1. The van der Waals surface area contributed by atoms with E-state index < -0.39 is 20.0 Å². The van der Waals surface area contributed by atoms with Crippen molar-refractivity contribution < 1.29 is 32.9 Å². The number of carbonyl (C=O) groups excluding carboxylic acids is 1. The SMILES string of the molecule is CCCCCCCCCCCCCCCCCCCCCCCCC(=O)N[C@@H](COP(=O)([O-])OCC[N+](C)(C)C)[C@H](O)CCCCCCCCCCCCCCCCC. The number of phosphoric acid groups is 1. The first-order chi connectivity index (χ1) is 28.5. The molecule has 0 radical (unpaired) electrons. The normalized spacial score (nSPS) is 14.1. The van der Waals surface area contributed by atoms with Gasteiger partial charge in [-0.05, 0) is 12.8 Å². The first-order valence-electron chi connectivity index (χ1n) is 25.9. The van der Waals surface area contributed by atoms with Gasteiger partial charge in [0.1, 0.15) is 13.2 Å². The predicted octanol–water partition coefficient (Wildman–Crippen LogP) is 14.3. The summed E-state index contributed by atoms with van der Waals surface area (Å²) in [5.41, 5.74) is 0. The van der Waals surface area contributed by atoms with Crippen LogP contribution in [0.1, 0.15) is 264 Å². The van der Waals surface area contributed by atoms with Crippen LogP contribution in [0.2, 0.25) is 0 Å². The Labute approximate surface area is 368 Å². The van der Waals surface area contributed by atoms with Gasteiger partial charge in [0.25, 0.3) is 7.82 Å². The molecule has 0 aromatic carbocycles. The van der Waals surface area contributed by atoms with Gasteiger partial charge in [-0.3, -0.25) is 9.36 Å². The van der Waals surface area contributed by atoms with Gasteiger partial charge in [-0.15, -0.1) is 0 Å². The molecular weight excluding hydrogens is 756 g/mol. The fraction of sp³-hybridized carbons (Fsp3) is 0.980. The Morgan fingerprint density at radius 1 is 0.525 bits per heavy atom. The lowest BCUT2D eigenvalue weighted by Crippen LogP contribution is -2.46. The minimum Gasteiger partial charge on any atom is -0.756 e. The van der Waals surface area contributed by atoms with E-state index in [1.54, 1.807) is 0 Å². The van der Waals surface area contributed by atoms with Crippen molar-refractivity contribution in [1.82, 2.24) is 5.32 Å². The number of likely N-dealkylation sites (N-methyl/N-ethyl adjacent to an activating group) is 1. The highest BCUT2D eigenvalue weighted by atomic mass is 31.2. The van der Waals surface area contributed by atoms with Gasteiger partial charge in [-0.1, -0.05) is 245 Å². The Morgan fingerprint density at radius 3 is 1.15 bits per heavy atom. The summed E-state index contributed by atoms with van der Waals surface area (Å²) in [6, 6.07) is -0.793. The minimum atomic E-state index is -4.56. The molecule has 0 saturated carbocycles. The Kier molecular flexibility index (Phi) is 42.4. The zero-order valence-corrected chi connectivity index (χ0v) is 41.1. The van der Waals surface area contributed by atoms with E-state index in [4.69, 9.17) is 9.05 Å². The smallest absolute Gasteiger partial charge is 0.268 e. The van der Waals surface area contributed by atoms with Gasteiger partial charge in [0.15, 0.2) is 0 Å². The fourth-order valence-electron chi connectivity index (χ4n) is 7.98. The monoisotopic (exact) mass is 859 g/mol. The van der Waals surface area contributed by atoms with E-state index >= 15 is 0 Å². The maximum Gasteiger partial charge on any atom is 0.268 e. The molecule has 0 aliphatic heterocycles. The maximum atomic E-state index is 12.9. The molecule has 3 atom stereocenters. The Bertz CT molecular complexity index is 932. The lowest BCUT2D eigenvalue weighted by Gasteiger charge is -2.30. The number of carbonyl (C=O) groups is 1. The van der Waals surface area contributed by atoms with E-state index in [0.717, 1.165) is 38.5 Å². The molecule has 0 spiro atoms. The molecule has 0 aromatic heterocycles. The quantitative estimate of drug-likeness (QED) is 0.0358. The summed E-state index contributed by atoms with van der Waals surface area (Å²) >= 11 is 0. The van der Waals surface area contributed by atoms with Gasteiger partial charge in [0.05, 0.1) is 39.9 Å². The zero-order valence-electron chi connectivity index (χ0n) is 40.2. The molecule has 0 heterocycles. The molecule has 0 aliphatic rings. The second-order valence-electron chi connectivity index (χ2n) is 19.2. The Morgan fingerprint density at radius 2 is 0.831 bits per heavy atom. The van der Waals surface area contributed by atoms with Crippen molar-refractivity contribution in [3.63, 3.8) is 0 Å². The highest BCUT2D eigenvalue weighted by Crippen LogP contribution is 2.38. The summed E-state index contributed by atoms with van der Waals surface area (Å²) in [4.78, 5) is 25.4. The van der Waals surface area contributed by atoms with Crippen LogP contribution >= 0.6 is 7.82 Å². The number of nitrogens with zero attached hydrogens (tertiary/aromatic N) is 1. The second-order valence-corrected chi connectivity index (χ2v) is 20.7. The van der Waals surface area contributed by atoms with Crippen molar-refractivity contribution in [2.24, 2.45) is 0 Å². The predicted molar refractivity (Wildman–Crippen MR) is 252 cm³/mol. The number of rotatable bonds is 48. The highest BCUT2D eigenvalue weighted by Gasteiger charge is 2.24. The van der Waals surface area contributed by atoms with Gasteiger partial charge in [0.2, 0.25) is 5.91 Å². The van der Waals surface area contributed by atoms with Crippen molar-refractivity contribution in [3.8, 4) is 0 Å². The van der Waals surface area contributed by atoms with Crippen LogP contribution in [0, 0.1) is 0 Å². The van der Waals surface area contributed by atoms with Crippen molar-refractivity contribution in [2.75, 3.05) is 40.9 Å². The number of unbranched alkanes of at least 4 members (excludes halogenated alkanes) is 35. The van der Waals surface area contributed by atoms with Crippen LogP contribution < -0.4 is 10.2 Å². The number of hydrogen-bond donors (Lipinski definition) is 2. The molecule has 9 heteroatoms. The molecule has 1 amide bonds. The number of aliphatic hydroxyl groups excluding tert-OH is 1. The Balaban J connectivity index is 4.18. The highest BCUT2D eigenvalue weighted by molar-refractivity contribution is 7.45. The van der Waals surface area contributed by atoms with Crippen molar-refractivity contribution in [2.45, 2.75) is 276 Å². The third kappa shape index (κ3) is 45.3. The van der Waals surface area contributed by atoms with Gasteiger partial charge < -0.3 is 28.8 Å². The Hall–Kier alpha value is -0.500. The maximum absolute atomic E-state index is 12.9. The average Bonchev–Trinajstić information content (AvgIpc) is 3.19. The fourth-order valence-corrected chi connectivity index (χ4v) is 8.71. The molecule has 0 bridgehead atoms.